The average molecular weight is 367 g/mol. The average Bonchev–Trinajstić information content (AvgIpc) is 3.20. The minimum absolute atomic E-state index is 0.0160. The maximum atomic E-state index is 13.0. The summed E-state index contributed by atoms with van der Waals surface area (Å²) in [4.78, 5) is 14.5. The van der Waals surface area contributed by atoms with Crippen molar-refractivity contribution in [2.24, 2.45) is 0 Å². The van der Waals surface area contributed by atoms with Crippen LogP contribution >= 0.6 is 0 Å². The van der Waals surface area contributed by atoms with Gasteiger partial charge >= 0.3 is 0 Å². The molecule has 0 aliphatic carbocycles. The summed E-state index contributed by atoms with van der Waals surface area (Å²) < 4.78 is 18.8. The second-order valence-electron chi connectivity index (χ2n) is 6.35. The number of halogens is 1. The number of aromatic amines is 1. The molecule has 0 radical (unpaired) electrons. The second-order valence-corrected chi connectivity index (χ2v) is 6.35. The molecule has 1 saturated heterocycles. The molecule has 0 spiro atoms. The summed E-state index contributed by atoms with van der Waals surface area (Å²) in [6.45, 7) is 1.18. The number of rotatable bonds is 4. The predicted octanol–water partition coefficient (Wildman–Crippen LogP) is 2.69. The standard InChI is InChI=1S/C19H18FN5O2/c20-14-5-3-13(4-6-14)16-12-17(23-22-16)19(26)25-10-7-15(8-11-25)27-18-2-1-9-21-24-18/h1-6,9,12,15H,7-8,10-11H2,(H,22,23). The van der Waals surface area contributed by atoms with E-state index in [1.165, 1.54) is 12.1 Å². The van der Waals surface area contributed by atoms with Crippen molar-refractivity contribution in [3.63, 3.8) is 0 Å². The summed E-state index contributed by atoms with van der Waals surface area (Å²) in [6.07, 6.45) is 3.06. The van der Waals surface area contributed by atoms with Gasteiger partial charge in [-0.2, -0.15) is 10.2 Å². The maximum Gasteiger partial charge on any atom is 0.271 e. The van der Waals surface area contributed by atoms with Gasteiger partial charge in [-0.25, -0.2) is 4.39 Å². The number of nitrogens with zero attached hydrogens (tertiary/aromatic N) is 4. The number of carbonyl (C=O) groups is 1. The van der Waals surface area contributed by atoms with Crippen molar-refractivity contribution in [3.05, 3.63) is 60.2 Å². The van der Waals surface area contributed by atoms with Gasteiger partial charge in [0.1, 0.15) is 17.6 Å². The molecule has 0 unspecified atom stereocenters. The van der Waals surface area contributed by atoms with Crippen LogP contribution in [-0.2, 0) is 0 Å². The summed E-state index contributed by atoms with van der Waals surface area (Å²) >= 11 is 0. The van der Waals surface area contributed by atoms with E-state index in [9.17, 15) is 9.18 Å². The Bertz CT molecular complexity index is 905. The molecule has 1 aromatic carbocycles. The minimum Gasteiger partial charge on any atom is -0.473 e. The van der Waals surface area contributed by atoms with E-state index in [4.69, 9.17) is 4.74 Å². The molecule has 7 nitrogen and oxygen atoms in total. The van der Waals surface area contributed by atoms with Gasteiger partial charge in [0.25, 0.3) is 5.91 Å². The first-order valence-corrected chi connectivity index (χ1v) is 8.74. The molecular formula is C19H18FN5O2. The van der Waals surface area contributed by atoms with Crippen LogP contribution in [0.3, 0.4) is 0 Å². The quantitative estimate of drug-likeness (QED) is 0.766. The molecule has 27 heavy (non-hydrogen) atoms. The number of H-pyrrole nitrogens is 1. The Hall–Kier alpha value is -3.29. The Kier molecular flexibility index (Phi) is 4.78. The Labute approximate surface area is 155 Å². The van der Waals surface area contributed by atoms with Gasteiger partial charge in [-0.15, -0.1) is 5.10 Å². The lowest BCUT2D eigenvalue weighted by molar-refractivity contribution is 0.0580. The number of likely N-dealkylation sites (tertiary alicyclic amines) is 1. The fourth-order valence-corrected chi connectivity index (χ4v) is 3.07. The molecule has 0 saturated carbocycles. The van der Waals surface area contributed by atoms with Gasteiger partial charge < -0.3 is 9.64 Å². The number of carbonyl (C=O) groups excluding carboxylic acids is 1. The summed E-state index contributed by atoms with van der Waals surface area (Å²) in [5, 5.41) is 14.7. The maximum absolute atomic E-state index is 13.0. The zero-order chi connectivity index (χ0) is 18.6. The van der Waals surface area contributed by atoms with Crippen LogP contribution < -0.4 is 4.74 Å². The zero-order valence-corrected chi connectivity index (χ0v) is 14.5. The van der Waals surface area contributed by atoms with Crippen molar-refractivity contribution in [2.75, 3.05) is 13.1 Å². The van der Waals surface area contributed by atoms with Crippen LogP contribution in [0.2, 0.25) is 0 Å². The Morgan fingerprint density at radius 2 is 1.96 bits per heavy atom. The predicted molar refractivity (Wildman–Crippen MR) is 95.6 cm³/mol. The van der Waals surface area contributed by atoms with E-state index in [2.05, 4.69) is 20.4 Å². The van der Waals surface area contributed by atoms with E-state index < -0.39 is 0 Å². The minimum atomic E-state index is -0.308. The van der Waals surface area contributed by atoms with E-state index >= 15 is 0 Å². The Morgan fingerprint density at radius 3 is 2.67 bits per heavy atom. The summed E-state index contributed by atoms with van der Waals surface area (Å²) in [5.74, 6) is 0.0887. The number of hydrogen-bond acceptors (Lipinski definition) is 5. The highest BCUT2D eigenvalue weighted by Crippen LogP contribution is 2.21. The molecule has 2 aromatic heterocycles. The SMILES string of the molecule is O=C(c1cc(-c2ccc(F)cc2)n[nH]1)N1CCC(Oc2cccnn2)CC1. The smallest absolute Gasteiger partial charge is 0.271 e. The highest BCUT2D eigenvalue weighted by atomic mass is 19.1. The van der Waals surface area contributed by atoms with Gasteiger partial charge in [-0.3, -0.25) is 9.89 Å². The number of ether oxygens (including phenoxy) is 1. The Morgan fingerprint density at radius 1 is 1.19 bits per heavy atom. The normalized spacial score (nSPS) is 14.9. The molecule has 0 bridgehead atoms. The van der Waals surface area contributed by atoms with Gasteiger partial charge in [0, 0.05) is 43.8 Å². The molecule has 138 valence electrons. The van der Waals surface area contributed by atoms with E-state index in [-0.39, 0.29) is 17.8 Å². The van der Waals surface area contributed by atoms with Gasteiger partial charge in [0.15, 0.2) is 0 Å². The first kappa shape index (κ1) is 17.1. The van der Waals surface area contributed by atoms with Crippen molar-refractivity contribution in [1.29, 1.82) is 0 Å². The lowest BCUT2D eigenvalue weighted by atomic mass is 10.1. The van der Waals surface area contributed by atoms with Crippen molar-refractivity contribution in [3.8, 4) is 17.1 Å². The van der Waals surface area contributed by atoms with E-state index in [1.54, 1.807) is 41.4 Å². The van der Waals surface area contributed by atoms with Crippen LogP contribution in [0.5, 0.6) is 5.88 Å². The molecule has 1 amide bonds. The zero-order valence-electron chi connectivity index (χ0n) is 14.5. The number of amides is 1. The largest absolute Gasteiger partial charge is 0.473 e. The van der Waals surface area contributed by atoms with Gasteiger partial charge in [-0.1, -0.05) is 0 Å². The second kappa shape index (κ2) is 7.53. The highest BCUT2D eigenvalue weighted by Gasteiger charge is 2.26. The number of hydrogen-bond donors (Lipinski definition) is 1. The van der Waals surface area contributed by atoms with Crippen LogP contribution in [0.15, 0.2) is 48.7 Å². The number of benzene rings is 1. The van der Waals surface area contributed by atoms with Crippen molar-refractivity contribution >= 4 is 5.91 Å². The third kappa shape index (κ3) is 3.94. The topological polar surface area (TPSA) is 84.0 Å². The molecule has 1 aliphatic heterocycles. The number of aromatic nitrogens is 4. The number of nitrogens with one attached hydrogen (secondary N) is 1. The third-order valence-electron chi connectivity index (χ3n) is 4.51. The van der Waals surface area contributed by atoms with Crippen LogP contribution in [-0.4, -0.2) is 50.4 Å². The molecule has 1 aliphatic rings. The number of piperidine rings is 1. The lowest BCUT2D eigenvalue weighted by Gasteiger charge is -2.31. The molecule has 1 N–H and O–H groups in total. The summed E-state index contributed by atoms with van der Waals surface area (Å²) in [6, 6.07) is 11.2. The summed E-state index contributed by atoms with van der Waals surface area (Å²) in [5.41, 5.74) is 1.78. The van der Waals surface area contributed by atoms with Crippen molar-refractivity contribution < 1.29 is 13.9 Å². The van der Waals surface area contributed by atoms with Crippen molar-refractivity contribution in [2.45, 2.75) is 18.9 Å². The first-order valence-electron chi connectivity index (χ1n) is 8.74. The fraction of sp³-hybridized carbons (Fsp3) is 0.263. The molecule has 1 fully saturated rings. The summed E-state index contributed by atoms with van der Waals surface area (Å²) in [7, 11) is 0. The molecule has 0 atom stereocenters. The van der Waals surface area contributed by atoms with Gasteiger partial charge in [-0.05, 0) is 36.4 Å². The van der Waals surface area contributed by atoms with Crippen LogP contribution in [0.25, 0.3) is 11.3 Å². The van der Waals surface area contributed by atoms with E-state index in [1.807, 2.05) is 0 Å². The molecule has 8 heteroatoms. The molecule has 3 heterocycles. The molecule has 4 rings (SSSR count). The van der Waals surface area contributed by atoms with Gasteiger partial charge in [0.2, 0.25) is 5.88 Å². The van der Waals surface area contributed by atoms with E-state index in [0.29, 0.717) is 30.4 Å². The molecular weight excluding hydrogens is 349 g/mol. The third-order valence-corrected chi connectivity index (χ3v) is 4.51. The van der Waals surface area contributed by atoms with Gasteiger partial charge in [0.05, 0.1) is 5.69 Å². The lowest BCUT2D eigenvalue weighted by Crippen LogP contribution is -2.42. The first-order chi connectivity index (χ1) is 13.2. The fourth-order valence-electron chi connectivity index (χ4n) is 3.07. The van der Waals surface area contributed by atoms with Crippen molar-refractivity contribution in [1.82, 2.24) is 25.3 Å². The van der Waals surface area contributed by atoms with E-state index in [0.717, 1.165) is 18.4 Å². The highest BCUT2D eigenvalue weighted by molar-refractivity contribution is 5.93. The van der Waals surface area contributed by atoms with Crippen LogP contribution in [0.1, 0.15) is 23.3 Å². The Balaban J connectivity index is 1.36. The monoisotopic (exact) mass is 367 g/mol. The van der Waals surface area contributed by atoms with Crippen LogP contribution in [0.4, 0.5) is 4.39 Å². The molecule has 3 aromatic rings. The van der Waals surface area contributed by atoms with Crippen LogP contribution in [0, 0.1) is 5.82 Å².